The van der Waals surface area contributed by atoms with E-state index in [0.29, 0.717) is 25.4 Å². The second-order valence-corrected chi connectivity index (χ2v) is 11.1. The van der Waals surface area contributed by atoms with E-state index >= 15 is 0 Å². The summed E-state index contributed by atoms with van der Waals surface area (Å²) in [6.45, 7) is 1.03. The number of fused-ring (bicyclic) bond motifs is 3. The topological polar surface area (TPSA) is 82.6 Å². The summed E-state index contributed by atoms with van der Waals surface area (Å²) in [5, 5.41) is 6.03. The Morgan fingerprint density at radius 3 is 2.82 bits per heavy atom. The van der Waals surface area contributed by atoms with Crippen molar-refractivity contribution in [1.29, 1.82) is 0 Å². The highest BCUT2D eigenvalue weighted by atomic mass is 32.1. The van der Waals surface area contributed by atoms with Gasteiger partial charge in [0.25, 0.3) is 5.91 Å². The van der Waals surface area contributed by atoms with Crippen molar-refractivity contribution < 1.29 is 14.4 Å². The van der Waals surface area contributed by atoms with Crippen LogP contribution in [-0.2, 0) is 21.5 Å². The van der Waals surface area contributed by atoms with E-state index in [1.807, 2.05) is 29.6 Å². The summed E-state index contributed by atoms with van der Waals surface area (Å²) < 4.78 is 1.19. The van der Waals surface area contributed by atoms with E-state index in [-0.39, 0.29) is 18.4 Å². The van der Waals surface area contributed by atoms with Gasteiger partial charge >= 0.3 is 6.03 Å². The molecule has 6 rings (SSSR count). The zero-order chi connectivity index (χ0) is 22.6. The number of hydrogen-bond acceptors (Lipinski definition) is 6. The molecule has 1 spiro atoms. The molecule has 3 aromatic rings. The van der Waals surface area contributed by atoms with Crippen molar-refractivity contribution in [3.63, 3.8) is 0 Å². The van der Waals surface area contributed by atoms with E-state index in [0.717, 1.165) is 51.5 Å². The summed E-state index contributed by atoms with van der Waals surface area (Å²) in [7, 11) is 0. The van der Waals surface area contributed by atoms with Crippen molar-refractivity contribution >= 4 is 50.7 Å². The van der Waals surface area contributed by atoms with Crippen LogP contribution in [0.15, 0.2) is 35.7 Å². The van der Waals surface area contributed by atoms with Crippen molar-refractivity contribution in [2.45, 2.75) is 43.6 Å². The zero-order valence-electron chi connectivity index (χ0n) is 18.1. The molecule has 2 aliphatic heterocycles. The largest absolute Gasteiger partial charge is 0.341 e. The maximum atomic E-state index is 13.4. The molecule has 2 aromatic heterocycles. The number of hydrogen-bond donors (Lipinski definition) is 1. The Labute approximate surface area is 199 Å². The molecule has 1 aromatic carbocycles. The maximum absolute atomic E-state index is 13.4. The monoisotopic (exact) mass is 480 g/mol. The molecule has 0 saturated carbocycles. The van der Waals surface area contributed by atoms with Crippen LogP contribution in [0.2, 0.25) is 0 Å². The fourth-order valence-electron chi connectivity index (χ4n) is 5.36. The summed E-state index contributed by atoms with van der Waals surface area (Å²) >= 11 is 3.35. The maximum Gasteiger partial charge on any atom is 0.325 e. The van der Waals surface area contributed by atoms with Gasteiger partial charge in [0.05, 0.1) is 15.2 Å². The summed E-state index contributed by atoms with van der Waals surface area (Å²) in [5.41, 5.74) is 0.939. The van der Waals surface area contributed by atoms with E-state index in [1.54, 1.807) is 27.6 Å². The van der Waals surface area contributed by atoms with Crippen LogP contribution in [0.25, 0.3) is 10.2 Å². The number of likely N-dealkylation sites (tertiary alicyclic amines) is 1. The van der Waals surface area contributed by atoms with Crippen LogP contribution in [0.1, 0.15) is 47.0 Å². The summed E-state index contributed by atoms with van der Waals surface area (Å²) in [6, 6.07) is 9.62. The highest BCUT2D eigenvalue weighted by molar-refractivity contribution is 7.18. The number of nitrogens with zero attached hydrogens (tertiary/aromatic N) is 3. The Balaban J connectivity index is 1.12. The Morgan fingerprint density at radius 1 is 1.18 bits per heavy atom. The van der Waals surface area contributed by atoms with Crippen LogP contribution in [0.5, 0.6) is 0 Å². The lowest BCUT2D eigenvalue weighted by Crippen LogP contribution is -2.48. The van der Waals surface area contributed by atoms with Gasteiger partial charge in [-0.05, 0) is 55.7 Å². The molecule has 7 nitrogen and oxygen atoms in total. The van der Waals surface area contributed by atoms with Gasteiger partial charge in [0.2, 0.25) is 5.91 Å². The molecule has 2 fully saturated rings. The van der Waals surface area contributed by atoms with Gasteiger partial charge in [0.15, 0.2) is 0 Å². The van der Waals surface area contributed by atoms with Crippen molar-refractivity contribution in [2.24, 2.45) is 0 Å². The predicted molar refractivity (Wildman–Crippen MR) is 127 cm³/mol. The molecule has 3 aliphatic rings. The first-order valence-electron chi connectivity index (χ1n) is 11.4. The molecule has 0 unspecified atom stereocenters. The third-order valence-corrected chi connectivity index (χ3v) is 9.32. The number of para-hydroxylation sites is 1. The van der Waals surface area contributed by atoms with Gasteiger partial charge in [0, 0.05) is 29.4 Å². The molecule has 2 saturated heterocycles. The number of carbonyl (C=O) groups is 3. The third kappa shape index (κ3) is 3.36. The van der Waals surface area contributed by atoms with Gasteiger partial charge in [-0.2, -0.15) is 0 Å². The number of aryl methyl sites for hydroxylation is 1. The number of imide groups is 1. The molecule has 0 radical (unpaired) electrons. The molecule has 0 bridgehead atoms. The van der Waals surface area contributed by atoms with E-state index in [2.05, 4.69) is 11.4 Å². The average Bonchev–Trinajstić information content (AvgIpc) is 3.54. The minimum atomic E-state index is -0.995. The number of nitrogens with one attached hydrogen (secondary N) is 1. The lowest BCUT2D eigenvalue weighted by atomic mass is 9.80. The number of urea groups is 1. The number of thiophene rings is 1. The molecule has 4 heterocycles. The van der Waals surface area contributed by atoms with E-state index in [9.17, 15) is 14.4 Å². The second-order valence-electron chi connectivity index (χ2n) is 9.01. The summed E-state index contributed by atoms with van der Waals surface area (Å²) in [4.78, 5) is 48.0. The quantitative estimate of drug-likeness (QED) is 0.578. The highest BCUT2D eigenvalue weighted by Crippen LogP contribution is 2.42. The molecule has 33 heavy (non-hydrogen) atoms. The van der Waals surface area contributed by atoms with Crippen LogP contribution >= 0.6 is 22.7 Å². The molecular weight excluding hydrogens is 456 g/mol. The SMILES string of the molecule is O=C(CN1C(=O)N[C@]2(CCCc3sccc32)C1=O)N1CCC(c2nc3ccccc3s2)CC1. The minimum absolute atomic E-state index is 0.167. The Bertz CT molecular complexity index is 1230. The predicted octanol–water partition coefficient (Wildman–Crippen LogP) is 3.85. The fourth-order valence-corrected chi connectivity index (χ4v) is 7.50. The first-order chi connectivity index (χ1) is 16.0. The molecule has 1 atom stereocenters. The molecule has 9 heteroatoms. The van der Waals surface area contributed by atoms with Gasteiger partial charge in [0.1, 0.15) is 12.1 Å². The number of carbonyl (C=O) groups excluding carboxylic acids is 3. The van der Waals surface area contributed by atoms with Gasteiger partial charge in [-0.25, -0.2) is 9.78 Å². The van der Waals surface area contributed by atoms with Gasteiger partial charge in [-0.1, -0.05) is 12.1 Å². The highest BCUT2D eigenvalue weighted by Gasteiger charge is 2.54. The number of rotatable bonds is 3. The van der Waals surface area contributed by atoms with Crippen LogP contribution in [0, 0.1) is 0 Å². The number of piperidine rings is 1. The summed E-state index contributed by atoms with van der Waals surface area (Å²) in [6.07, 6.45) is 4.04. The fraction of sp³-hybridized carbons (Fsp3) is 0.417. The number of benzene rings is 1. The standard InChI is InChI=1S/C24H24N4O3S2/c29-20(27-11-7-15(8-12-27)21-25-17-4-1-2-5-19(17)33-21)14-28-22(30)24(26-23(28)31)10-3-6-18-16(24)9-13-32-18/h1-2,4-5,9,13,15H,3,6-8,10-12,14H2,(H,26,31)/t24-/m0/s1. The molecule has 4 amide bonds. The lowest BCUT2D eigenvalue weighted by Gasteiger charge is -2.33. The van der Waals surface area contributed by atoms with Crippen LogP contribution in [0.4, 0.5) is 4.79 Å². The number of thiazole rings is 1. The van der Waals surface area contributed by atoms with Crippen molar-refractivity contribution in [3.05, 3.63) is 51.2 Å². The van der Waals surface area contributed by atoms with Gasteiger partial charge in [-0.15, -0.1) is 22.7 Å². The van der Waals surface area contributed by atoms with Crippen LogP contribution in [-0.4, -0.2) is 52.3 Å². The molecule has 1 aliphatic carbocycles. The third-order valence-electron chi connectivity index (χ3n) is 7.14. The molecule has 170 valence electrons. The smallest absolute Gasteiger partial charge is 0.325 e. The van der Waals surface area contributed by atoms with Gasteiger partial charge < -0.3 is 10.2 Å². The van der Waals surface area contributed by atoms with Crippen molar-refractivity contribution in [1.82, 2.24) is 20.1 Å². The Morgan fingerprint density at radius 2 is 2.00 bits per heavy atom. The van der Waals surface area contributed by atoms with Gasteiger partial charge in [-0.3, -0.25) is 14.5 Å². The van der Waals surface area contributed by atoms with E-state index in [1.165, 1.54) is 4.70 Å². The first kappa shape index (κ1) is 20.8. The van der Waals surface area contributed by atoms with Crippen molar-refractivity contribution in [2.75, 3.05) is 19.6 Å². The van der Waals surface area contributed by atoms with Crippen LogP contribution < -0.4 is 5.32 Å². The second kappa shape index (κ2) is 7.92. The summed E-state index contributed by atoms with van der Waals surface area (Å²) in [5.74, 6) is -0.116. The van der Waals surface area contributed by atoms with Crippen LogP contribution in [0.3, 0.4) is 0 Å². The number of aromatic nitrogens is 1. The van der Waals surface area contributed by atoms with E-state index in [4.69, 9.17) is 4.98 Å². The molecular formula is C24H24N4O3S2. The first-order valence-corrected chi connectivity index (χ1v) is 13.1. The minimum Gasteiger partial charge on any atom is -0.341 e. The number of amides is 4. The Kier molecular flexibility index (Phi) is 4.99. The average molecular weight is 481 g/mol. The molecule has 1 N–H and O–H groups in total. The normalized spacial score (nSPS) is 23.4. The Hall–Kier alpha value is -2.78. The van der Waals surface area contributed by atoms with E-state index < -0.39 is 11.6 Å². The lowest BCUT2D eigenvalue weighted by molar-refractivity contribution is -0.140. The zero-order valence-corrected chi connectivity index (χ0v) is 19.7. The van der Waals surface area contributed by atoms with Crippen molar-refractivity contribution in [3.8, 4) is 0 Å².